The molecule has 0 radical (unpaired) electrons. The number of sulfonamides is 1. The second-order valence-electron chi connectivity index (χ2n) is 7.49. The maximum atomic E-state index is 13.0. The summed E-state index contributed by atoms with van der Waals surface area (Å²) in [5.41, 5.74) is 3.49. The summed E-state index contributed by atoms with van der Waals surface area (Å²) < 4.78 is 33.3. The van der Waals surface area contributed by atoms with Crippen molar-refractivity contribution >= 4 is 44.9 Å². The molecule has 0 fully saturated rings. The summed E-state index contributed by atoms with van der Waals surface area (Å²) in [6, 6.07) is 14.1. The standard InChI is InChI=1S/C24H23ClN2O5S/c1-14-8-11-20(15(2)12-14)27-33(30,31)22-13-17(9-10-19(22)25)23(28)26-21-7-5-6-18(16(21)3)24(29)32-4/h5-13,27H,1-4H3,(H,26,28). The van der Waals surface area contributed by atoms with Gasteiger partial charge < -0.3 is 10.1 Å². The average molecular weight is 487 g/mol. The minimum absolute atomic E-state index is 0.0207. The second-order valence-corrected chi connectivity index (χ2v) is 9.55. The molecule has 0 saturated carbocycles. The molecule has 7 nitrogen and oxygen atoms in total. The predicted molar refractivity (Wildman–Crippen MR) is 129 cm³/mol. The van der Waals surface area contributed by atoms with Crippen molar-refractivity contribution in [3.05, 3.63) is 87.4 Å². The Morgan fingerprint density at radius 1 is 0.939 bits per heavy atom. The van der Waals surface area contributed by atoms with E-state index in [9.17, 15) is 18.0 Å². The van der Waals surface area contributed by atoms with Crippen LogP contribution in [0.15, 0.2) is 59.5 Å². The summed E-state index contributed by atoms with van der Waals surface area (Å²) in [7, 11) is -2.79. The lowest BCUT2D eigenvalue weighted by Gasteiger charge is -2.14. The Morgan fingerprint density at radius 2 is 1.67 bits per heavy atom. The summed E-state index contributed by atoms with van der Waals surface area (Å²) in [4.78, 5) is 24.6. The number of hydrogen-bond donors (Lipinski definition) is 2. The summed E-state index contributed by atoms with van der Waals surface area (Å²) in [6.45, 7) is 5.38. The highest BCUT2D eigenvalue weighted by molar-refractivity contribution is 7.92. The SMILES string of the molecule is COC(=O)c1cccc(NC(=O)c2ccc(Cl)c(S(=O)(=O)Nc3ccc(C)cc3C)c2)c1C. The van der Waals surface area contributed by atoms with Crippen LogP contribution in [0.5, 0.6) is 0 Å². The fourth-order valence-electron chi connectivity index (χ4n) is 3.28. The number of anilines is 2. The molecule has 0 spiro atoms. The van der Waals surface area contributed by atoms with Gasteiger partial charge in [0.1, 0.15) is 4.90 Å². The number of esters is 1. The zero-order valence-electron chi connectivity index (χ0n) is 18.5. The number of amides is 1. The Bertz CT molecular complexity index is 1350. The number of hydrogen-bond acceptors (Lipinski definition) is 5. The van der Waals surface area contributed by atoms with Crippen molar-refractivity contribution in [1.82, 2.24) is 0 Å². The number of methoxy groups -OCH3 is 1. The van der Waals surface area contributed by atoms with E-state index < -0.39 is 21.9 Å². The van der Waals surface area contributed by atoms with Crippen LogP contribution in [0, 0.1) is 20.8 Å². The van der Waals surface area contributed by atoms with Gasteiger partial charge in [0.2, 0.25) is 0 Å². The summed E-state index contributed by atoms with van der Waals surface area (Å²) in [5.74, 6) is -1.08. The van der Waals surface area contributed by atoms with Gasteiger partial charge >= 0.3 is 5.97 Å². The highest BCUT2D eigenvalue weighted by Gasteiger charge is 2.22. The van der Waals surface area contributed by atoms with E-state index in [1.165, 1.54) is 25.3 Å². The molecule has 0 saturated heterocycles. The average Bonchev–Trinajstić information content (AvgIpc) is 2.76. The van der Waals surface area contributed by atoms with Crippen molar-refractivity contribution in [3.63, 3.8) is 0 Å². The van der Waals surface area contributed by atoms with Gasteiger partial charge in [0.05, 0.1) is 23.4 Å². The van der Waals surface area contributed by atoms with Crippen LogP contribution in [0.1, 0.15) is 37.4 Å². The van der Waals surface area contributed by atoms with Gasteiger partial charge in [-0.05, 0) is 68.3 Å². The van der Waals surface area contributed by atoms with Gasteiger partial charge in [-0.3, -0.25) is 9.52 Å². The number of rotatable bonds is 6. The number of carbonyl (C=O) groups is 2. The maximum Gasteiger partial charge on any atom is 0.338 e. The normalized spacial score (nSPS) is 11.1. The lowest BCUT2D eigenvalue weighted by molar-refractivity contribution is 0.0599. The third kappa shape index (κ3) is 5.35. The number of benzene rings is 3. The molecule has 0 aliphatic heterocycles. The number of aryl methyl sites for hydroxylation is 2. The first-order valence-electron chi connectivity index (χ1n) is 9.92. The lowest BCUT2D eigenvalue weighted by Crippen LogP contribution is -2.17. The Kier molecular flexibility index (Phi) is 7.09. The predicted octanol–water partition coefficient (Wildman–Crippen LogP) is 5.10. The van der Waals surface area contributed by atoms with Crippen molar-refractivity contribution in [2.45, 2.75) is 25.7 Å². The van der Waals surface area contributed by atoms with Crippen LogP contribution in [0.3, 0.4) is 0 Å². The molecule has 0 heterocycles. The van der Waals surface area contributed by atoms with E-state index in [-0.39, 0.29) is 15.5 Å². The Morgan fingerprint density at radius 3 is 2.33 bits per heavy atom. The third-order valence-electron chi connectivity index (χ3n) is 5.10. The van der Waals surface area contributed by atoms with Crippen LogP contribution in [0.25, 0.3) is 0 Å². The zero-order chi connectivity index (χ0) is 24.3. The number of halogens is 1. The summed E-state index contributed by atoms with van der Waals surface area (Å²) in [6.07, 6.45) is 0. The molecule has 3 aromatic rings. The van der Waals surface area contributed by atoms with Crippen molar-refractivity contribution in [3.8, 4) is 0 Å². The van der Waals surface area contributed by atoms with Crippen LogP contribution in [-0.2, 0) is 14.8 Å². The van der Waals surface area contributed by atoms with Gasteiger partial charge in [-0.2, -0.15) is 0 Å². The van der Waals surface area contributed by atoms with Crippen molar-refractivity contribution in [1.29, 1.82) is 0 Å². The molecule has 0 aliphatic rings. The van der Waals surface area contributed by atoms with Crippen molar-refractivity contribution < 1.29 is 22.7 Å². The minimum Gasteiger partial charge on any atom is -0.465 e. The topological polar surface area (TPSA) is 102 Å². The van der Waals surface area contributed by atoms with E-state index in [4.69, 9.17) is 16.3 Å². The number of ether oxygens (including phenoxy) is 1. The Labute approximate surface area is 197 Å². The Balaban J connectivity index is 1.91. The van der Waals surface area contributed by atoms with Crippen LogP contribution in [0.2, 0.25) is 5.02 Å². The molecule has 0 aromatic heterocycles. The van der Waals surface area contributed by atoms with E-state index in [1.807, 2.05) is 13.0 Å². The van der Waals surface area contributed by atoms with Gasteiger partial charge in [-0.25, -0.2) is 13.2 Å². The van der Waals surface area contributed by atoms with E-state index in [1.54, 1.807) is 44.2 Å². The summed E-state index contributed by atoms with van der Waals surface area (Å²) in [5, 5.41) is 2.68. The highest BCUT2D eigenvalue weighted by atomic mass is 35.5. The molecule has 2 N–H and O–H groups in total. The minimum atomic E-state index is -4.06. The van der Waals surface area contributed by atoms with Gasteiger partial charge in [0, 0.05) is 11.3 Å². The summed E-state index contributed by atoms with van der Waals surface area (Å²) >= 11 is 6.17. The van der Waals surface area contributed by atoms with E-state index in [0.717, 1.165) is 11.1 Å². The first-order valence-corrected chi connectivity index (χ1v) is 11.8. The molecule has 1 amide bonds. The molecule has 3 aromatic carbocycles. The quantitative estimate of drug-likeness (QED) is 0.472. The molecular weight excluding hydrogens is 464 g/mol. The van der Waals surface area contributed by atoms with Crippen LogP contribution in [0.4, 0.5) is 11.4 Å². The number of nitrogens with one attached hydrogen (secondary N) is 2. The molecule has 0 bridgehead atoms. The van der Waals surface area contributed by atoms with Crippen molar-refractivity contribution in [2.75, 3.05) is 17.1 Å². The van der Waals surface area contributed by atoms with Gasteiger partial charge in [-0.1, -0.05) is 35.4 Å². The van der Waals surface area contributed by atoms with Gasteiger partial charge in [-0.15, -0.1) is 0 Å². The monoisotopic (exact) mass is 486 g/mol. The molecule has 172 valence electrons. The van der Waals surface area contributed by atoms with E-state index in [2.05, 4.69) is 10.0 Å². The molecule has 3 rings (SSSR count). The zero-order valence-corrected chi connectivity index (χ0v) is 20.1. The first-order chi connectivity index (χ1) is 15.5. The van der Waals surface area contributed by atoms with Crippen LogP contribution in [-0.4, -0.2) is 27.4 Å². The molecule has 0 atom stereocenters. The molecule has 9 heteroatoms. The Hall–Kier alpha value is -3.36. The first kappa shape index (κ1) is 24.3. The molecule has 33 heavy (non-hydrogen) atoms. The molecular formula is C24H23ClN2O5S. The van der Waals surface area contributed by atoms with Gasteiger partial charge in [0.15, 0.2) is 0 Å². The third-order valence-corrected chi connectivity index (χ3v) is 6.94. The number of carbonyl (C=O) groups excluding carboxylic acids is 2. The fraction of sp³-hybridized carbons (Fsp3) is 0.167. The lowest BCUT2D eigenvalue weighted by atomic mass is 10.1. The maximum absolute atomic E-state index is 13.0. The van der Waals surface area contributed by atoms with E-state index in [0.29, 0.717) is 22.5 Å². The van der Waals surface area contributed by atoms with Crippen LogP contribution >= 0.6 is 11.6 Å². The molecule has 0 aliphatic carbocycles. The van der Waals surface area contributed by atoms with Gasteiger partial charge in [0.25, 0.3) is 15.9 Å². The van der Waals surface area contributed by atoms with E-state index >= 15 is 0 Å². The smallest absolute Gasteiger partial charge is 0.338 e. The van der Waals surface area contributed by atoms with Crippen LogP contribution < -0.4 is 10.0 Å². The second kappa shape index (κ2) is 9.64. The fourth-order valence-corrected chi connectivity index (χ4v) is 4.93. The highest BCUT2D eigenvalue weighted by Crippen LogP contribution is 2.27. The molecule has 0 unspecified atom stereocenters. The van der Waals surface area contributed by atoms with Crippen molar-refractivity contribution in [2.24, 2.45) is 0 Å². The largest absolute Gasteiger partial charge is 0.465 e.